The zero-order chi connectivity index (χ0) is 20.3. The molecule has 0 atom stereocenters. The lowest BCUT2D eigenvalue weighted by Gasteiger charge is -2.33. The van der Waals surface area contributed by atoms with Crippen LogP contribution in [0.5, 0.6) is 5.75 Å². The number of ether oxygens (including phenoxy) is 1. The summed E-state index contributed by atoms with van der Waals surface area (Å²) >= 11 is 0. The summed E-state index contributed by atoms with van der Waals surface area (Å²) in [5, 5.41) is 0. The molecule has 1 aliphatic heterocycles. The van der Waals surface area contributed by atoms with Crippen molar-refractivity contribution >= 4 is 21.9 Å². The van der Waals surface area contributed by atoms with Crippen LogP contribution >= 0.6 is 0 Å². The van der Waals surface area contributed by atoms with E-state index in [1.54, 1.807) is 4.90 Å². The van der Waals surface area contributed by atoms with Crippen molar-refractivity contribution in [1.29, 1.82) is 0 Å². The highest BCUT2D eigenvalue weighted by Gasteiger charge is 2.29. The fourth-order valence-electron chi connectivity index (χ4n) is 2.84. The average Bonchev–Trinajstić information content (AvgIpc) is 2.70. The summed E-state index contributed by atoms with van der Waals surface area (Å²) in [6, 6.07) is 10.5. The molecular weight excluding hydrogens is 387 g/mol. The molecule has 0 aliphatic carbocycles. The molecule has 2 aromatic carbocycles. The van der Waals surface area contributed by atoms with Crippen molar-refractivity contribution in [3.05, 3.63) is 59.9 Å². The summed E-state index contributed by atoms with van der Waals surface area (Å²) in [6.45, 7) is 2.46. The van der Waals surface area contributed by atoms with Gasteiger partial charge in [-0.2, -0.15) is 4.31 Å². The van der Waals surface area contributed by atoms with Gasteiger partial charge in [-0.05, 0) is 42.5 Å². The van der Waals surface area contributed by atoms with Crippen LogP contribution in [0.15, 0.2) is 53.4 Å². The molecular formula is C19H19FN2O5S. The van der Waals surface area contributed by atoms with E-state index in [0.29, 0.717) is 13.1 Å². The molecule has 1 amide bonds. The van der Waals surface area contributed by atoms with Gasteiger partial charge in [0.2, 0.25) is 15.9 Å². The molecule has 28 heavy (non-hydrogen) atoms. The smallest absolute Gasteiger partial charge is 0.343 e. The molecule has 1 heterocycles. The predicted molar refractivity (Wildman–Crippen MR) is 98.8 cm³/mol. The van der Waals surface area contributed by atoms with Crippen LogP contribution in [0.2, 0.25) is 0 Å². The maximum atomic E-state index is 12.9. The number of nitrogens with zero attached hydrogens (tertiary/aromatic N) is 2. The topological polar surface area (TPSA) is 84.0 Å². The lowest BCUT2D eigenvalue weighted by atomic mass is 10.2. The Bertz CT molecular complexity index is 984. The number of hydrogen-bond donors (Lipinski definition) is 0. The molecule has 1 aliphatic rings. The van der Waals surface area contributed by atoms with Crippen molar-refractivity contribution < 1.29 is 27.1 Å². The molecule has 0 unspecified atom stereocenters. The highest BCUT2D eigenvalue weighted by molar-refractivity contribution is 7.89. The van der Waals surface area contributed by atoms with Crippen LogP contribution in [0, 0.1) is 5.82 Å². The Morgan fingerprint density at radius 2 is 1.64 bits per heavy atom. The van der Waals surface area contributed by atoms with E-state index in [1.807, 2.05) is 0 Å². The van der Waals surface area contributed by atoms with Crippen molar-refractivity contribution in [2.24, 2.45) is 0 Å². The maximum Gasteiger partial charge on any atom is 0.343 e. The number of hydrogen-bond acceptors (Lipinski definition) is 5. The van der Waals surface area contributed by atoms with Gasteiger partial charge in [-0.3, -0.25) is 4.79 Å². The third-order valence-electron chi connectivity index (χ3n) is 4.42. The fraction of sp³-hybridized carbons (Fsp3) is 0.263. The van der Waals surface area contributed by atoms with E-state index in [1.165, 1.54) is 47.6 Å². The number of benzene rings is 2. The number of rotatable bonds is 4. The minimum atomic E-state index is -3.81. The Hall–Kier alpha value is -2.78. The maximum absolute atomic E-state index is 12.9. The molecule has 7 nitrogen and oxygen atoms in total. The second kappa shape index (κ2) is 8.07. The molecule has 9 heteroatoms. The van der Waals surface area contributed by atoms with Gasteiger partial charge in [0, 0.05) is 33.1 Å². The molecule has 0 aromatic heterocycles. The third kappa shape index (κ3) is 4.37. The SMILES string of the molecule is CC(=O)N1CCN(S(=O)(=O)c2cccc(C(=O)Oc3ccc(F)cc3)c2)CC1. The molecule has 0 N–H and O–H groups in total. The summed E-state index contributed by atoms with van der Waals surface area (Å²) in [4.78, 5) is 25.3. The lowest BCUT2D eigenvalue weighted by Crippen LogP contribution is -2.49. The van der Waals surface area contributed by atoms with E-state index in [2.05, 4.69) is 0 Å². The standard InChI is InChI=1S/C19H19FN2O5S/c1-14(23)21-9-11-22(12-10-21)28(25,26)18-4-2-3-15(13-18)19(24)27-17-7-5-16(20)6-8-17/h2-8,13H,9-12H2,1H3. The van der Waals surface area contributed by atoms with E-state index < -0.39 is 21.8 Å². The number of carbonyl (C=O) groups excluding carboxylic acids is 2. The summed E-state index contributed by atoms with van der Waals surface area (Å²) in [7, 11) is -3.81. The van der Waals surface area contributed by atoms with Gasteiger partial charge in [0.15, 0.2) is 0 Å². The third-order valence-corrected chi connectivity index (χ3v) is 6.31. The van der Waals surface area contributed by atoms with Crippen LogP contribution in [-0.4, -0.2) is 55.7 Å². The van der Waals surface area contributed by atoms with E-state index in [4.69, 9.17) is 4.74 Å². The largest absolute Gasteiger partial charge is 0.423 e. The first-order chi connectivity index (χ1) is 13.3. The second-order valence-corrected chi connectivity index (χ2v) is 8.22. The van der Waals surface area contributed by atoms with Crippen LogP contribution in [0.25, 0.3) is 0 Å². The molecule has 3 rings (SSSR count). The van der Waals surface area contributed by atoms with Gasteiger partial charge in [0.1, 0.15) is 11.6 Å². The first-order valence-electron chi connectivity index (χ1n) is 8.61. The molecule has 1 fully saturated rings. The monoisotopic (exact) mass is 406 g/mol. The van der Waals surface area contributed by atoms with Gasteiger partial charge in [0.25, 0.3) is 0 Å². The summed E-state index contributed by atoms with van der Waals surface area (Å²) < 4.78 is 45.1. The Kier molecular flexibility index (Phi) is 5.76. The van der Waals surface area contributed by atoms with Crippen molar-refractivity contribution in [3.8, 4) is 5.75 Å². The summed E-state index contributed by atoms with van der Waals surface area (Å²) in [6.07, 6.45) is 0. The number of esters is 1. The van der Waals surface area contributed by atoms with Crippen LogP contribution in [0.3, 0.4) is 0 Å². The fourth-order valence-corrected chi connectivity index (χ4v) is 4.31. The zero-order valence-electron chi connectivity index (χ0n) is 15.2. The van der Waals surface area contributed by atoms with Gasteiger partial charge in [-0.1, -0.05) is 6.07 Å². The Morgan fingerprint density at radius 3 is 2.25 bits per heavy atom. The van der Waals surface area contributed by atoms with E-state index in [9.17, 15) is 22.4 Å². The zero-order valence-corrected chi connectivity index (χ0v) is 16.0. The van der Waals surface area contributed by atoms with Crippen LogP contribution in [0.4, 0.5) is 4.39 Å². The van der Waals surface area contributed by atoms with Crippen LogP contribution in [0.1, 0.15) is 17.3 Å². The number of carbonyl (C=O) groups is 2. The molecule has 2 aromatic rings. The number of sulfonamides is 1. The highest BCUT2D eigenvalue weighted by Crippen LogP contribution is 2.20. The van der Waals surface area contributed by atoms with Crippen LogP contribution < -0.4 is 4.74 Å². The van der Waals surface area contributed by atoms with Gasteiger partial charge in [-0.15, -0.1) is 0 Å². The predicted octanol–water partition coefficient (Wildman–Crippen LogP) is 1.90. The van der Waals surface area contributed by atoms with Gasteiger partial charge >= 0.3 is 5.97 Å². The van der Waals surface area contributed by atoms with Crippen molar-refractivity contribution in [2.45, 2.75) is 11.8 Å². The van der Waals surface area contributed by atoms with Crippen molar-refractivity contribution in [1.82, 2.24) is 9.21 Å². The van der Waals surface area contributed by atoms with Crippen molar-refractivity contribution in [3.63, 3.8) is 0 Å². The Balaban J connectivity index is 1.75. The quantitative estimate of drug-likeness (QED) is 0.572. The minimum Gasteiger partial charge on any atom is -0.423 e. The number of halogens is 1. The molecule has 0 saturated carbocycles. The molecule has 0 spiro atoms. The Morgan fingerprint density at radius 1 is 1.00 bits per heavy atom. The lowest BCUT2D eigenvalue weighted by molar-refractivity contribution is -0.129. The average molecular weight is 406 g/mol. The normalized spacial score (nSPS) is 15.3. The Labute approximate surface area is 162 Å². The van der Waals surface area contributed by atoms with Crippen molar-refractivity contribution in [2.75, 3.05) is 26.2 Å². The van der Waals surface area contributed by atoms with Gasteiger partial charge < -0.3 is 9.64 Å². The first kappa shape index (κ1) is 20.0. The molecule has 0 bridgehead atoms. The summed E-state index contributed by atoms with van der Waals surface area (Å²) in [5.41, 5.74) is 0.0628. The second-order valence-electron chi connectivity index (χ2n) is 6.28. The van der Waals surface area contributed by atoms with E-state index >= 15 is 0 Å². The highest BCUT2D eigenvalue weighted by atomic mass is 32.2. The van der Waals surface area contributed by atoms with Gasteiger partial charge in [-0.25, -0.2) is 17.6 Å². The first-order valence-corrected chi connectivity index (χ1v) is 10.0. The molecule has 1 saturated heterocycles. The van der Waals surface area contributed by atoms with Gasteiger partial charge in [0.05, 0.1) is 10.5 Å². The van der Waals surface area contributed by atoms with Crippen LogP contribution in [-0.2, 0) is 14.8 Å². The van der Waals surface area contributed by atoms with E-state index in [0.717, 1.165) is 12.1 Å². The number of amides is 1. The molecule has 148 valence electrons. The minimum absolute atomic E-state index is 0.0302. The van der Waals surface area contributed by atoms with E-state index in [-0.39, 0.29) is 35.2 Å². The molecule has 0 radical (unpaired) electrons. The number of piperazine rings is 1. The summed E-state index contributed by atoms with van der Waals surface area (Å²) in [5.74, 6) is -1.15.